The summed E-state index contributed by atoms with van der Waals surface area (Å²) < 4.78 is 0. The second kappa shape index (κ2) is 6.29. The largest absolute Gasteiger partial charge is 0.269 e. The number of hydrogen-bond acceptors (Lipinski definition) is 3. The molecule has 0 amide bonds. The number of nitro groups is 1. The first-order valence-electron chi connectivity index (χ1n) is 4.76. The van der Waals surface area contributed by atoms with Crippen LogP contribution < -0.4 is 0 Å². The van der Waals surface area contributed by atoms with Gasteiger partial charge in [-0.25, -0.2) is 0 Å². The molecule has 1 aromatic carbocycles. The summed E-state index contributed by atoms with van der Waals surface area (Å²) in [6.07, 6.45) is 3.50. The highest BCUT2D eigenvalue weighted by molar-refractivity contribution is 5.31. The number of nitro benzene ring substituents is 1. The quantitative estimate of drug-likeness (QED) is 0.544. The molecule has 2 aromatic rings. The number of pyridine rings is 1. The Balaban J connectivity index is 0.000000181. The molecule has 2 rings (SSSR count). The number of benzene rings is 1. The van der Waals surface area contributed by atoms with Crippen LogP contribution in [0.25, 0.3) is 0 Å². The normalized spacial score (nSPS) is 8.81. The van der Waals surface area contributed by atoms with E-state index in [4.69, 9.17) is 0 Å². The number of aryl methyl sites for hydroxylation is 1. The summed E-state index contributed by atoms with van der Waals surface area (Å²) in [5.74, 6) is 0. The van der Waals surface area contributed by atoms with E-state index in [0.29, 0.717) is 0 Å². The fourth-order valence-electron chi connectivity index (χ4n) is 0.979. The van der Waals surface area contributed by atoms with Gasteiger partial charge in [0, 0.05) is 24.5 Å². The van der Waals surface area contributed by atoms with E-state index in [1.54, 1.807) is 24.5 Å². The predicted octanol–water partition coefficient (Wildman–Crippen LogP) is 2.98. The van der Waals surface area contributed by atoms with Crippen LogP contribution in [0.5, 0.6) is 0 Å². The molecule has 0 radical (unpaired) electrons. The highest BCUT2D eigenvalue weighted by Crippen LogP contribution is 2.10. The van der Waals surface area contributed by atoms with Crippen LogP contribution in [0.4, 0.5) is 5.69 Å². The molecule has 4 heteroatoms. The topological polar surface area (TPSA) is 56.0 Å². The number of hydrogen-bond donors (Lipinski definition) is 0. The van der Waals surface area contributed by atoms with Crippen molar-refractivity contribution in [2.75, 3.05) is 0 Å². The van der Waals surface area contributed by atoms with E-state index in [1.807, 2.05) is 25.1 Å². The van der Waals surface area contributed by atoms with Gasteiger partial charge in [-0.3, -0.25) is 15.1 Å². The van der Waals surface area contributed by atoms with Crippen molar-refractivity contribution in [3.63, 3.8) is 0 Å². The molecule has 0 aliphatic rings. The number of nitrogens with zero attached hydrogens (tertiary/aromatic N) is 2. The zero-order valence-electron chi connectivity index (χ0n) is 8.91. The van der Waals surface area contributed by atoms with Crippen molar-refractivity contribution in [1.29, 1.82) is 0 Å². The van der Waals surface area contributed by atoms with E-state index in [1.165, 1.54) is 12.1 Å². The van der Waals surface area contributed by atoms with Gasteiger partial charge in [-0.1, -0.05) is 23.8 Å². The lowest BCUT2D eigenvalue weighted by molar-refractivity contribution is -0.384. The Morgan fingerprint density at radius 3 is 1.94 bits per heavy atom. The molecule has 0 saturated carbocycles. The minimum absolute atomic E-state index is 0.144. The fourth-order valence-corrected chi connectivity index (χ4v) is 0.979. The van der Waals surface area contributed by atoms with E-state index < -0.39 is 4.92 Å². The minimum atomic E-state index is -0.403. The Morgan fingerprint density at radius 1 is 1.06 bits per heavy atom. The molecule has 0 aliphatic carbocycles. The molecule has 0 aliphatic heterocycles. The van der Waals surface area contributed by atoms with Gasteiger partial charge in [0.15, 0.2) is 0 Å². The number of non-ortho nitro benzene ring substituents is 1. The maximum absolute atomic E-state index is 10.1. The van der Waals surface area contributed by atoms with Crippen molar-refractivity contribution in [1.82, 2.24) is 4.98 Å². The van der Waals surface area contributed by atoms with E-state index in [-0.39, 0.29) is 5.69 Å². The van der Waals surface area contributed by atoms with E-state index in [0.717, 1.165) is 5.56 Å². The first-order valence-corrected chi connectivity index (χ1v) is 4.76. The molecule has 82 valence electrons. The summed E-state index contributed by atoms with van der Waals surface area (Å²) >= 11 is 0. The van der Waals surface area contributed by atoms with Crippen molar-refractivity contribution >= 4 is 5.69 Å². The maximum Gasteiger partial charge on any atom is 0.269 e. The molecule has 0 fully saturated rings. The lowest BCUT2D eigenvalue weighted by Crippen LogP contribution is -1.86. The Bertz CT molecular complexity index is 400. The highest BCUT2D eigenvalue weighted by Gasteiger charge is 2.00. The third-order valence-electron chi connectivity index (χ3n) is 1.81. The second-order valence-corrected chi connectivity index (χ2v) is 3.12. The van der Waals surface area contributed by atoms with Crippen LogP contribution in [0.2, 0.25) is 0 Å². The van der Waals surface area contributed by atoms with Crippen molar-refractivity contribution in [2.45, 2.75) is 6.92 Å². The van der Waals surface area contributed by atoms with Crippen LogP contribution in [0.3, 0.4) is 0 Å². The molecule has 0 atom stereocenters. The zero-order valence-corrected chi connectivity index (χ0v) is 8.91. The summed E-state index contributed by atoms with van der Waals surface area (Å²) in [5.41, 5.74) is 1.18. The highest BCUT2D eigenvalue weighted by atomic mass is 16.6. The average Bonchev–Trinajstić information content (AvgIpc) is 2.32. The summed E-state index contributed by atoms with van der Waals surface area (Å²) in [6, 6.07) is 12.1. The monoisotopic (exact) mass is 216 g/mol. The fraction of sp³-hybridized carbons (Fsp3) is 0.0833. The molecular formula is C12H12N2O2. The Labute approximate surface area is 93.7 Å². The zero-order chi connectivity index (χ0) is 11.8. The third-order valence-corrected chi connectivity index (χ3v) is 1.81. The smallest absolute Gasteiger partial charge is 0.265 e. The van der Waals surface area contributed by atoms with Crippen LogP contribution in [-0.4, -0.2) is 9.91 Å². The van der Waals surface area contributed by atoms with E-state index in [9.17, 15) is 10.1 Å². The number of aromatic nitrogens is 1. The molecule has 0 saturated heterocycles. The van der Waals surface area contributed by atoms with Crippen LogP contribution >= 0.6 is 0 Å². The standard InChI is InChI=1S/C7H7NO2.C5H5N/c1-6-2-4-7(5-3-6)8(9)10;1-2-4-6-5-3-1/h2-5H,1H3;1-5H. The summed E-state index contributed by atoms with van der Waals surface area (Å²) in [6.45, 7) is 1.89. The lowest BCUT2D eigenvalue weighted by atomic mass is 10.2. The van der Waals surface area contributed by atoms with Crippen molar-refractivity contribution in [3.05, 3.63) is 70.5 Å². The predicted molar refractivity (Wildman–Crippen MR) is 62.1 cm³/mol. The molecular weight excluding hydrogens is 204 g/mol. The maximum atomic E-state index is 10.1. The molecule has 0 spiro atoms. The van der Waals surface area contributed by atoms with Crippen molar-refractivity contribution in [2.24, 2.45) is 0 Å². The van der Waals surface area contributed by atoms with Gasteiger partial charge in [-0.2, -0.15) is 0 Å². The molecule has 0 unspecified atom stereocenters. The summed E-state index contributed by atoms with van der Waals surface area (Å²) in [5, 5.41) is 10.1. The SMILES string of the molecule is Cc1ccc([N+](=O)[O-])cc1.c1ccncc1. The Kier molecular flexibility index (Phi) is 4.66. The summed E-state index contributed by atoms with van der Waals surface area (Å²) in [4.78, 5) is 13.5. The summed E-state index contributed by atoms with van der Waals surface area (Å²) in [7, 11) is 0. The Morgan fingerprint density at radius 2 is 1.62 bits per heavy atom. The molecule has 1 heterocycles. The molecule has 1 aromatic heterocycles. The van der Waals surface area contributed by atoms with Gasteiger partial charge in [-0.05, 0) is 19.1 Å². The van der Waals surface area contributed by atoms with Gasteiger partial charge >= 0.3 is 0 Å². The van der Waals surface area contributed by atoms with Crippen LogP contribution in [0.1, 0.15) is 5.56 Å². The third kappa shape index (κ3) is 4.32. The van der Waals surface area contributed by atoms with E-state index >= 15 is 0 Å². The average molecular weight is 216 g/mol. The molecule has 4 nitrogen and oxygen atoms in total. The van der Waals surface area contributed by atoms with Gasteiger partial charge in [0.25, 0.3) is 5.69 Å². The van der Waals surface area contributed by atoms with Crippen LogP contribution in [0, 0.1) is 17.0 Å². The van der Waals surface area contributed by atoms with Gasteiger partial charge in [-0.15, -0.1) is 0 Å². The lowest BCUT2D eigenvalue weighted by Gasteiger charge is -1.90. The van der Waals surface area contributed by atoms with E-state index in [2.05, 4.69) is 4.98 Å². The minimum Gasteiger partial charge on any atom is -0.265 e. The van der Waals surface area contributed by atoms with Crippen molar-refractivity contribution in [3.8, 4) is 0 Å². The van der Waals surface area contributed by atoms with Crippen LogP contribution in [0.15, 0.2) is 54.9 Å². The van der Waals surface area contributed by atoms with Gasteiger partial charge in [0.2, 0.25) is 0 Å². The molecule has 0 bridgehead atoms. The molecule has 16 heavy (non-hydrogen) atoms. The van der Waals surface area contributed by atoms with Gasteiger partial charge < -0.3 is 0 Å². The van der Waals surface area contributed by atoms with Crippen LogP contribution in [-0.2, 0) is 0 Å². The number of rotatable bonds is 1. The second-order valence-electron chi connectivity index (χ2n) is 3.12. The first-order chi connectivity index (χ1) is 7.70. The van der Waals surface area contributed by atoms with Gasteiger partial charge in [0.1, 0.15) is 0 Å². The Hall–Kier alpha value is -2.23. The first kappa shape index (κ1) is 11.8. The van der Waals surface area contributed by atoms with Gasteiger partial charge in [0.05, 0.1) is 4.92 Å². The van der Waals surface area contributed by atoms with Crippen molar-refractivity contribution < 1.29 is 4.92 Å². The molecule has 0 N–H and O–H groups in total.